The largest absolute Gasteiger partial charge is 0.392 e. The first-order valence-electron chi connectivity index (χ1n) is 9.89. The van der Waals surface area contributed by atoms with Crippen LogP contribution >= 0.6 is 31.9 Å². The SMILES string of the molecule is OCc1c(-c2ccccc2)c(CBr)c(-c2ccccc2)c(CBr)c1-c1ccccc1. The minimum atomic E-state index is -0.0243. The van der Waals surface area contributed by atoms with Gasteiger partial charge in [0.1, 0.15) is 0 Å². The van der Waals surface area contributed by atoms with Gasteiger partial charge in [0, 0.05) is 10.7 Å². The molecule has 0 heterocycles. The van der Waals surface area contributed by atoms with E-state index in [1.807, 2.05) is 18.2 Å². The quantitative estimate of drug-likeness (QED) is 0.255. The van der Waals surface area contributed by atoms with E-state index in [2.05, 4.69) is 105 Å². The van der Waals surface area contributed by atoms with Crippen LogP contribution in [0.1, 0.15) is 16.7 Å². The zero-order valence-corrected chi connectivity index (χ0v) is 19.7. The fraction of sp³-hybridized carbons (Fsp3) is 0.111. The standard InChI is InChI=1S/C27H22Br2O/c28-16-22-25(19-10-4-1-5-11-19)23(17-29)27(21-14-8-3-9-15-21)24(18-30)26(22)20-12-6-2-7-13-20/h1-15,30H,16-18H2. The molecule has 0 bridgehead atoms. The molecule has 0 spiro atoms. The second-order valence-electron chi connectivity index (χ2n) is 7.08. The van der Waals surface area contributed by atoms with Crippen LogP contribution in [0.2, 0.25) is 0 Å². The molecule has 0 saturated carbocycles. The van der Waals surface area contributed by atoms with Crippen molar-refractivity contribution in [2.75, 3.05) is 0 Å². The van der Waals surface area contributed by atoms with E-state index in [4.69, 9.17) is 0 Å². The van der Waals surface area contributed by atoms with Gasteiger partial charge in [-0.25, -0.2) is 0 Å². The van der Waals surface area contributed by atoms with Crippen molar-refractivity contribution < 1.29 is 5.11 Å². The molecule has 4 aromatic rings. The minimum absolute atomic E-state index is 0.0243. The summed E-state index contributed by atoms with van der Waals surface area (Å²) in [7, 11) is 0. The smallest absolute Gasteiger partial charge is 0.0694 e. The van der Waals surface area contributed by atoms with Crippen LogP contribution in [0.25, 0.3) is 33.4 Å². The van der Waals surface area contributed by atoms with Crippen molar-refractivity contribution in [2.24, 2.45) is 0 Å². The molecule has 0 unspecified atom stereocenters. The Morgan fingerprint density at radius 3 is 1.03 bits per heavy atom. The number of hydrogen-bond donors (Lipinski definition) is 1. The van der Waals surface area contributed by atoms with E-state index in [1.54, 1.807) is 0 Å². The molecule has 0 aliphatic rings. The molecule has 4 aromatic carbocycles. The molecule has 4 rings (SSSR count). The van der Waals surface area contributed by atoms with Gasteiger partial charge in [0.25, 0.3) is 0 Å². The predicted molar refractivity (Wildman–Crippen MR) is 134 cm³/mol. The molecule has 1 N–H and O–H groups in total. The second kappa shape index (κ2) is 9.74. The third kappa shape index (κ3) is 3.90. The summed E-state index contributed by atoms with van der Waals surface area (Å²) >= 11 is 7.53. The van der Waals surface area contributed by atoms with Crippen molar-refractivity contribution in [3.8, 4) is 33.4 Å². The third-order valence-electron chi connectivity index (χ3n) is 5.42. The van der Waals surface area contributed by atoms with Crippen molar-refractivity contribution >= 4 is 31.9 Å². The van der Waals surface area contributed by atoms with Crippen molar-refractivity contribution in [3.63, 3.8) is 0 Å². The predicted octanol–water partition coefficient (Wildman–Crippen LogP) is 7.97. The third-order valence-corrected chi connectivity index (χ3v) is 6.54. The molecule has 150 valence electrons. The van der Waals surface area contributed by atoms with Gasteiger partial charge < -0.3 is 5.11 Å². The van der Waals surface area contributed by atoms with Crippen LogP contribution in [0, 0.1) is 0 Å². The highest BCUT2D eigenvalue weighted by Crippen LogP contribution is 2.46. The van der Waals surface area contributed by atoms with Crippen LogP contribution in [-0.2, 0) is 17.3 Å². The zero-order valence-electron chi connectivity index (χ0n) is 16.5. The van der Waals surface area contributed by atoms with E-state index >= 15 is 0 Å². The fourth-order valence-electron chi connectivity index (χ4n) is 4.21. The molecule has 0 aliphatic carbocycles. The van der Waals surface area contributed by atoms with Crippen molar-refractivity contribution in [2.45, 2.75) is 17.3 Å². The van der Waals surface area contributed by atoms with Crippen molar-refractivity contribution in [3.05, 3.63) is 108 Å². The molecule has 30 heavy (non-hydrogen) atoms. The number of halogens is 2. The lowest BCUT2D eigenvalue weighted by molar-refractivity contribution is 0.283. The van der Waals surface area contributed by atoms with Gasteiger partial charge in [-0.3, -0.25) is 0 Å². The van der Waals surface area contributed by atoms with E-state index in [0.717, 1.165) is 27.8 Å². The first-order chi connectivity index (χ1) is 14.8. The summed E-state index contributed by atoms with van der Waals surface area (Å²) in [6.45, 7) is -0.0243. The summed E-state index contributed by atoms with van der Waals surface area (Å²) in [5.74, 6) is 0. The minimum Gasteiger partial charge on any atom is -0.392 e. The average Bonchev–Trinajstić information content (AvgIpc) is 2.83. The Morgan fingerprint density at radius 2 is 0.767 bits per heavy atom. The van der Waals surface area contributed by atoms with E-state index in [0.29, 0.717) is 10.7 Å². The Kier molecular flexibility index (Phi) is 6.83. The molecule has 1 nitrogen and oxygen atoms in total. The van der Waals surface area contributed by atoms with Gasteiger partial charge in [-0.2, -0.15) is 0 Å². The Morgan fingerprint density at radius 1 is 0.467 bits per heavy atom. The maximum absolute atomic E-state index is 10.6. The summed E-state index contributed by atoms with van der Waals surface area (Å²) in [5.41, 5.74) is 10.2. The Labute approximate surface area is 194 Å². The Bertz CT molecular complexity index is 956. The van der Waals surface area contributed by atoms with Gasteiger partial charge in [-0.05, 0) is 50.1 Å². The molecule has 0 atom stereocenters. The van der Waals surface area contributed by atoms with Gasteiger partial charge >= 0.3 is 0 Å². The van der Waals surface area contributed by atoms with Gasteiger partial charge in [-0.1, -0.05) is 123 Å². The maximum Gasteiger partial charge on any atom is 0.0694 e. The first-order valence-corrected chi connectivity index (χ1v) is 12.1. The molecular formula is C27H22Br2O. The topological polar surface area (TPSA) is 20.2 Å². The fourth-order valence-corrected chi connectivity index (χ4v) is 5.33. The van der Waals surface area contributed by atoms with Crippen molar-refractivity contribution in [1.29, 1.82) is 0 Å². The number of rotatable bonds is 6. The van der Waals surface area contributed by atoms with Crippen LogP contribution in [0.3, 0.4) is 0 Å². The summed E-state index contributed by atoms with van der Waals surface area (Å²) < 4.78 is 0. The van der Waals surface area contributed by atoms with Crippen LogP contribution in [0.5, 0.6) is 0 Å². The average molecular weight is 522 g/mol. The highest BCUT2D eigenvalue weighted by atomic mass is 79.9. The van der Waals surface area contributed by atoms with E-state index in [1.165, 1.54) is 22.3 Å². The molecule has 0 radical (unpaired) electrons. The van der Waals surface area contributed by atoms with Gasteiger partial charge in [0.15, 0.2) is 0 Å². The van der Waals surface area contributed by atoms with Crippen LogP contribution in [0.4, 0.5) is 0 Å². The normalized spacial score (nSPS) is 10.9. The molecule has 3 heteroatoms. The highest BCUT2D eigenvalue weighted by Gasteiger charge is 2.24. The number of aliphatic hydroxyl groups excluding tert-OH is 1. The van der Waals surface area contributed by atoms with Gasteiger partial charge in [-0.15, -0.1) is 0 Å². The lowest BCUT2D eigenvalue weighted by Crippen LogP contribution is -2.06. The number of hydrogen-bond acceptors (Lipinski definition) is 1. The molecule has 0 aromatic heterocycles. The molecule has 0 amide bonds. The van der Waals surface area contributed by atoms with Crippen LogP contribution in [-0.4, -0.2) is 5.11 Å². The molecule has 0 saturated heterocycles. The Balaban J connectivity index is 2.21. The van der Waals surface area contributed by atoms with Gasteiger partial charge in [0.2, 0.25) is 0 Å². The number of benzene rings is 4. The second-order valence-corrected chi connectivity index (χ2v) is 8.21. The monoisotopic (exact) mass is 520 g/mol. The van der Waals surface area contributed by atoms with Crippen molar-refractivity contribution in [1.82, 2.24) is 0 Å². The maximum atomic E-state index is 10.6. The van der Waals surface area contributed by atoms with E-state index < -0.39 is 0 Å². The van der Waals surface area contributed by atoms with Crippen LogP contribution < -0.4 is 0 Å². The summed E-state index contributed by atoms with van der Waals surface area (Å²) in [4.78, 5) is 0. The lowest BCUT2D eigenvalue weighted by atomic mass is 9.80. The van der Waals surface area contributed by atoms with E-state index in [-0.39, 0.29) is 6.61 Å². The molecule has 0 aliphatic heterocycles. The highest BCUT2D eigenvalue weighted by molar-refractivity contribution is 9.08. The summed E-state index contributed by atoms with van der Waals surface area (Å²) in [6, 6.07) is 31.3. The number of aliphatic hydroxyl groups is 1. The molecule has 0 fully saturated rings. The van der Waals surface area contributed by atoms with E-state index in [9.17, 15) is 5.11 Å². The summed E-state index contributed by atoms with van der Waals surface area (Å²) in [5, 5.41) is 12.0. The zero-order chi connectivity index (χ0) is 20.9. The lowest BCUT2D eigenvalue weighted by Gasteiger charge is -2.26. The Hall–Kier alpha value is -2.20. The number of alkyl halides is 2. The van der Waals surface area contributed by atoms with Gasteiger partial charge in [0.05, 0.1) is 6.61 Å². The van der Waals surface area contributed by atoms with Crippen LogP contribution in [0.15, 0.2) is 91.0 Å². The molecular weight excluding hydrogens is 500 g/mol. The summed E-state index contributed by atoms with van der Waals surface area (Å²) in [6.07, 6.45) is 0. The first kappa shape index (κ1) is 21.0.